The van der Waals surface area contributed by atoms with Crippen molar-refractivity contribution in [2.75, 3.05) is 20.2 Å². The molecule has 8 nitrogen and oxygen atoms in total. The van der Waals surface area contributed by atoms with Crippen LogP contribution in [0.4, 0.5) is 4.79 Å². The van der Waals surface area contributed by atoms with Gasteiger partial charge in [0.15, 0.2) is 0 Å². The standard InChI is InChI=1S/C31H39N5O3/c1-4-5-7-12-29(37)33-23(22-10-8-6-9-11-22)14-18-35-26-13-16-31(26)27(35)19-28(31)36-21(2)32-24-20-34(30(38)39-3)17-15-25(24)36/h1,6,8-11,23,26-28H,5,7,12-20H2,2-3H3,(H,33,37)/t23-,26?,27?,28?,31?/m0/s1. The zero-order chi connectivity index (χ0) is 27.1. The van der Waals surface area contributed by atoms with Crippen LogP contribution in [-0.4, -0.2) is 63.6 Å². The Morgan fingerprint density at radius 2 is 2.08 bits per heavy atom. The van der Waals surface area contributed by atoms with E-state index in [2.05, 4.69) is 39.8 Å². The van der Waals surface area contributed by atoms with E-state index in [9.17, 15) is 9.59 Å². The lowest BCUT2D eigenvalue weighted by Gasteiger charge is -2.80. The van der Waals surface area contributed by atoms with Crippen molar-refractivity contribution >= 4 is 12.0 Å². The number of fused-ring (bicyclic) bond motifs is 1. The van der Waals surface area contributed by atoms with E-state index in [1.807, 2.05) is 18.2 Å². The number of likely N-dealkylation sites (tertiary alicyclic amines) is 1. The Bertz CT molecular complexity index is 1280. The molecule has 2 amide bonds. The Hall–Kier alpha value is -3.31. The molecule has 206 valence electrons. The average molecular weight is 530 g/mol. The van der Waals surface area contributed by atoms with Crippen LogP contribution in [0.2, 0.25) is 0 Å². The summed E-state index contributed by atoms with van der Waals surface area (Å²) in [6.07, 6.45) is 12.3. The van der Waals surface area contributed by atoms with Crippen molar-refractivity contribution in [2.45, 2.75) is 89.0 Å². The van der Waals surface area contributed by atoms with E-state index in [4.69, 9.17) is 16.1 Å². The molecule has 1 aromatic carbocycles. The minimum atomic E-state index is -0.276. The summed E-state index contributed by atoms with van der Waals surface area (Å²) in [6, 6.07) is 12.1. The number of nitrogens with zero attached hydrogens (tertiary/aromatic N) is 4. The smallest absolute Gasteiger partial charge is 0.409 e. The van der Waals surface area contributed by atoms with Crippen molar-refractivity contribution in [3.8, 4) is 12.3 Å². The third-order valence-corrected chi connectivity index (χ3v) is 9.87. The van der Waals surface area contributed by atoms with E-state index >= 15 is 0 Å². The van der Waals surface area contributed by atoms with Crippen LogP contribution in [0.1, 0.15) is 79.8 Å². The average Bonchev–Trinajstić information content (AvgIpc) is 3.24. The number of piperidine rings is 2. The van der Waals surface area contributed by atoms with Crippen LogP contribution < -0.4 is 5.32 Å². The van der Waals surface area contributed by atoms with Crippen molar-refractivity contribution in [3.63, 3.8) is 0 Å². The summed E-state index contributed by atoms with van der Waals surface area (Å²) >= 11 is 0. The Morgan fingerprint density at radius 3 is 2.77 bits per heavy atom. The molecule has 2 aromatic rings. The summed E-state index contributed by atoms with van der Waals surface area (Å²) in [5.74, 6) is 3.78. The fourth-order valence-electron chi connectivity index (χ4n) is 7.95. The number of ether oxygens (including phenoxy) is 1. The molecule has 6 rings (SSSR count). The van der Waals surface area contributed by atoms with Crippen LogP contribution in [0.25, 0.3) is 0 Å². The molecule has 39 heavy (non-hydrogen) atoms. The normalized spacial score (nSPS) is 27.4. The number of aromatic nitrogens is 2. The number of carbonyl (C=O) groups excluding carboxylic acids is 2. The van der Waals surface area contributed by atoms with E-state index in [1.54, 1.807) is 4.90 Å². The first kappa shape index (κ1) is 25.9. The summed E-state index contributed by atoms with van der Waals surface area (Å²) in [7, 11) is 1.44. The van der Waals surface area contributed by atoms with Gasteiger partial charge in [0.25, 0.3) is 0 Å². The van der Waals surface area contributed by atoms with Gasteiger partial charge in [0, 0.05) is 61.6 Å². The lowest BCUT2D eigenvalue weighted by Crippen LogP contribution is -2.85. The largest absolute Gasteiger partial charge is 0.453 e. The second-order valence-electron chi connectivity index (χ2n) is 11.6. The highest BCUT2D eigenvalue weighted by atomic mass is 16.5. The molecule has 1 aromatic heterocycles. The zero-order valence-electron chi connectivity index (χ0n) is 23.1. The van der Waals surface area contributed by atoms with Crippen molar-refractivity contribution in [3.05, 3.63) is 53.1 Å². The first-order valence-corrected chi connectivity index (χ1v) is 14.4. The van der Waals surface area contributed by atoms with E-state index in [-0.39, 0.29) is 18.0 Å². The molecule has 0 bridgehead atoms. The lowest BCUT2D eigenvalue weighted by molar-refractivity contribution is -0.295. The van der Waals surface area contributed by atoms with Gasteiger partial charge in [-0.1, -0.05) is 30.3 Å². The lowest BCUT2D eigenvalue weighted by atomic mass is 9.40. The number of terminal acetylenes is 1. The van der Waals surface area contributed by atoms with E-state index in [0.717, 1.165) is 49.3 Å². The number of nitrogens with one attached hydrogen (secondary N) is 1. The van der Waals surface area contributed by atoms with E-state index in [1.165, 1.54) is 25.6 Å². The number of amides is 2. The minimum absolute atomic E-state index is 0.0103. The summed E-state index contributed by atoms with van der Waals surface area (Å²) in [4.78, 5) is 34.1. The predicted molar refractivity (Wildman–Crippen MR) is 148 cm³/mol. The molecule has 2 aliphatic heterocycles. The Balaban J connectivity index is 1.11. The van der Waals surface area contributed by atoms with Gasteiger partial charge in [0.1, 0.15) is 5.82 Å². The number of imidazole rings is 1. The summed E-state index contributed by atoms with van der Waals surface area (Å²) < 4.78 is 7.46. The second kappa shape index (κ2) is 10.3. The Labute approximate surface area is 231 Å². The number of unbranched alkanes of at least 4 members (excludes halogenated alkanes) is 1. The number of methoxy groups -OCH3 is 1. The molecule has 1 saturated heterocycles. The molecule has 8 heteroatoms. The number of hydrogen-bond donors (Lipinski definition) is 1. The number of carbonyl (C=O) groups is 2. The highest BCUT2D eigenvalue weighted by molar-refractivity contribution is 5.76. The molecule has 2 aliphatic carbocycles. The predicted octanol–water partition coefficient (Wildman–Crippen LogP) is 4.14. The van der Waals surface area contributed by atoms with Gasteiger partial charge < -0.3 is 19.5 Å². The first-order valence-electron chi connectivity index (χ1n) is 14.4. The zero-order valence-corrected chi connectivity index (χ0v) is 23.1. The van der Waals surface area contributed by atoms with Gasteiger partial charge in [0.2, 0.25) is 5.91 Å². The quantitative estimate of drug-likeness (QED) is 0.390. The van der Waals surface area contributed by atoms with Crippen molar-refractivity contribution < 1.29 is 14.3 Å². The Kier molecular flexibility index (Phi) is 6.88. The molecular weight excluding hydrogens is 490 g/mol. The topological polar surface area (TPSA) is 79.7 Å². The molecule has 1 N–H and O–H groups in total. The van der Waals surface area contributed by atoms with Crippen LogP contribution in [0.15, 0.2) is 30.3 Å². The highest BCUT2D eigenvalue weighted by Crippen LogP contribution is 2.73. The minimum Gasteiger partial charge on any atom is -0.453 e. The van der Waals surface area contributed by atoms with Crippen molar-refractivity contribution in [1.82, 2.24) is 24.7 Å². The van der Waals surface area contributed by atoms with Gasteiger partial charge in [-0.3, -0.25) is 9.69 Å². The van der Waals surface area contributed by atoms with Crippen LogP contribution in [0, 0.1) is 24.7 Å². The monoisotopic (exact) mass is 529 g/mol. The first-order chi connectivity index (χ1) is 19.0. The molecular formula is C31H39N5O3. The highest BCUT2D eigenvalue weighted by Gasteiger charge is 2.75. The van der Waals surface area contributed by atoms with Crippen LogP contribution in [-0.2, 0) is 22.5 Å². The molecule has 1 spiro atoms. The number of aryl methyl sites for hydroxylation is 1. The van der Waals surface area contributed by atoms with Crippen molar-refractivity contribution in [1.29, 1.82) is 0 Å². The molecule has 0 radical (unpaired) electrons. The SMILES string of the molecule is C#CCCCC(=O)N[C@@H](CCN1C2CCC23C1CC3n1c(C)nc2c1CCN(C(=O)OC)C2)c1ccccc1. The van der Waals surface area contributed by atoms with Crippen LogP contribution >= 0.6 is 0 Å². The van der Waals surface area contributed by atoms with Gasteiger partial charge in [-0.05, 0) is 44.6 Å². The van der Waals surface area contributed by atoms with Gasteiger partial charge in [-0.15, -0.1) is 12.3 Å². The molecule has 3 fully saturated rings. The van der Waals surface area contributed by atoms with Crippen molar-refractivity contribution in [2.24, 2.45) is 5.41 Å². The molecule has 3 heterocycles. The maximum Gasteiger partial charge on any atom is 0.409 e. The maximum absolute atomic E-state index is 12.7. The van der Waals surface area contributed by atoms with Crippen LogP contribution in [0.5, 0.6) is 0 Å². The van der Waals surface area contributed by atoms with E-state index < -0.39 is 0 Å². The Morgan fingerprint density at radius 1 is 1.26 bits per heavy atom. The fourth-order valence-corrected chi connectivity index (χ4v) is 7.95. The van der Waals surface area contributed by atoms with Gasteiger partial charge in [-0.25, -0.2) is 9.78 Å². The molecule has 4 aliphatic rings. The molecule has 2 saturated carbocycles. The van der Waals surface area contributed by atoms with E-state index in [0.29, 0.717) is 49.5 Å². The third-order valence-electron chi connectivity index (χ3n) is 9.87. The molecule has 5 atom stereocenters. The van der Waals surface area contributed by atoms with Gasteiger partial charge in [-0.2, -0.15) is 0 Å². The summed E-state index contributed by atoms with van der Waals surface area (Å²) in [5.41, 5.74) is 3.86. The maximum atomic E-state index is 12.7. The number of rotatable bonds is 9. The van der Waals surface area contributed by atoms with Gasteiger partial charge >= 0.3 is 6.09 Å². The van der Waals surface area contributed by atoms with Gasteiger partial charge in [0.05, 0.1) is 25.4 Å². The second-order valence-corrected chi connectivity index (χ2v) is 11.6. The summed E-state index contributed by atoms with van der Waals surface area (Å²) in [5, 5.41) is 3.29. The summed E-state index contributed by atoms with van der Waals surface area (Å²) in [6.45, 7) is 4.32. The number of hydrogen-bond acceptors (Lipinski definition) is 5. The third kappa shape index (κ3) is 4.22. The number of benzene rings is 1. The fraction of sp³-hybridized carbons (Fsp3) is 0.581. The van der Waals surface area contributed by atoms with Crippen LogP contribution in [0.3, 0.4) is 0 Å². The molecule has 4 unspecified atom stereocenters.